The van der Waals surface area contributed by atoms with Gasteiger partial charge in [-0.05, 0) is 38.0 Å². The molecule has 4 heterocycles. The van der Waals surface area contributed by atoms with E-state index >= 15 is 0 Å². The van der Waals surface area contributed by atoms with E-state index in [0.717, 1.165) is 35.0 Å². The lowest BCUT2D eigenvalue weighted by Gasteiger charge is -2.19. The number of pyridine rings is 1. The second-order valence-electron chi connectivity index (χ2n) is 9.25. The fraction of sp³-hybridized carbons (Fsp3) is 0.400. The first-order valence-corrected chi connectivity index (χ1v) is 11.7. The number of carbonyl (C=O) groups is 2. The van der Waals surface area contributed by atoms with Crippen LogP contribution >= 0.6 is 0 Å². The van der Waals surface area contributed by atoms with Crippen LogP contribution in [0.4, 0.5) is 11.8 Å². The molecule has 2 aliphatic rings. The molecular formula is C25H29N7O2. The second-order valence-corrected chi connectivity index (χ2v) is 9.25. The Hall–Kier alpha value is -3.75. The van der Waals surface area contributed by atoms with E-state index in [1.54, 1.807) is 0 Å². The van der Waals surface area contributed by atoms with Crippen molar-refractivity contribution in [2.24, 2.45) is 0 Å². The zero-order valence-corrected chi connectivity index (χ0v) is 19.7. The van der Waals surface area contributed by atoms with Gasteiger partial charge in [0, 0.05) is 55.8 Å². The lowest BCUT2D eigenvalue weighted by atomic mass is 10.1. The molecule has 1 aromatic carbocycles. The fourth-order valence-electron chi connectivity index (χ4n) is 4.63. The summed E-state index contributed by atoms with van der Waals surface area (Å²) in [5.41, 5.74) is 3.27. The Kier molecular flexibility index (Phi) is 5.77. The van der Waals surface area contributed by atoms with Gasteiger partial charge in [0.1, 0.15) is 11.5 Å². The Bertz CT molecular complexity index is 1260. The number of aromatic nitrogens is 3. The van der Waals surface area contributed by atoms with Crippen LogP contribution in [0.15, 0.2) is 36.5 Å². The predicted molar refractivity (Wildman–Crippen MR) is 131 cm³/mol. The normalized spacial score (nSPS) is 17.5. The van der Waals surface area contributed by atoms with Crippen molar-refractivity contribution in [2.75, 3.05) is 23.3 Å². The van der Waals surface area contributed by atoms with E-state index < -0.39 is 0 Å². The summed E-state index contributed by atoms with van der Waals surface area (Å²) >= 11 is 0. The van der Waals surface area contributed by atoms with Crippen molar-refractivity contribution >= 4 is 34.5 Å². The molecule has 5 rings (SSSR count). The summed E-state index contributed by atoms with van der Waals surface area (Å²) < 4.78 is 0. The summed E-state index contributed by atoms with van der Waals surface area (Å²) in [6.45, 7) is 7.89. The molecule has 2 amide bonds. The number of nitrogens with one attached hydrogen (secondary N) is 2. The first kappa shape index (κ1) is 22.1. The maximum absolute atomic E-state index is 13.1. The number of nitrogens with zero attached hydrogens (tertiary/aromatic N) is 5. The molecule has 0 radical (unpaired) electrons. The Labute approximate surface area is 198 Å². The van der Waals surface area contributed by atoms with E-state index in [0.29, 0.717) is 37.1 Å². The van der Waals surface area contributed by atoms with Gasteiger partial charge in [-0.1, -0.05) is 18.2 Å². The summed E-state index contributed by atoms with van der Waals surface area (Å²) in [6.07, 6.45) is 2.68. The van der Waals surface area contributed by atoms with E-state index in [4.69, 9.17) is 4.98 Å². The van der Waals surface area contributed by atoms with Gasteiger partial charge in [-0.25, -0.2) is 4.98 Å². The van der Waals surface area contributed by atoms with Crippen LogP contribution in [-0.2, 0) is 17.9 Å². The number of amides is 2. The van der Waals surface area contributed by atoms with E-state index in [1.165, 1.54) is 6.92 Å². The molecule has 3 aromatic rings. The van der Waals surface area contributed by atoms with E-state index in [-0.39, 0.29) is 23.9 Å². The zero-order valence-electron chi connectivity index (χ0n) is 19.7. The van der Waals surface area contributed by atoms with Crippen molar-refractivity contribution in [3.63, 3.8) is 0 Å². The third kappa shape index (κ3) is 4.25. The summed E-state index contributed by atoms with van der Waals surface area (Å²) in [6, 6.07) is 10.3. The average Bonchev–Trinajstić information content (AvgIpc) is 3.41. The van der Waals surface area contributed by atoms with Crippen LogP contribution in [0.2, 0.25) is 0 Å². The molecule has 176 valence electrons. The van der Waals surface area contributed by atoms with Crippen molar-refractivity contribution in [1.29, 1.82) is 0 Å². The molecule has 0 bridgehead atoms. The van der Waals surface area contributed by atoms with Gasteiger partial charge in [0.2, 0.25) is 11.9 Å². The van der Waals surface area contributed by atoms with Gasteiger partial charge in [-0.3, -0.25) is 14.6 Å². The number of hydrogen-bond donors (Lipinski definition) is 2. The lowest BCUT2D eigenvalue weighted by molar-refractivity contribution is -0.119. The third-order valence-electron chi connectivity index (χ3n) is 6.40. The number of rotatable bonds is 6. The molecule has 0 aliphatic carbocycles. The summed E-state index contributed by atoms with van der Waals surface area (Å²) in [7, 11) is 0. The van der Waals surface area contributed by atoms with Crippen LogP contribution in [0.1, 0.15) is 48.8 Å². The minimum absolute atomic E-state index is 0.0455. The smallest absolute Gasteiger partial charge is 0.273 e. The number of para-hydroxylation sites is 1. The fourth-order valence-corrected chi connectivity index (χ4v) is 4.63. The minimum atomic E-state index is -0.0679. The highest BCUT2D eigenvalue weighted by molar-refractivity contribution is 5.98. The highest BCUT2D eigenvalue weighted by Crippen LogP contribution is 2.31. The largest absolute Gasteiger partial charge is 0.365 e. The van der Waals surface area contributed by atoms with Crippen molar-refractivity contribution in [3.8, 4) is 0 Å². The molecule has 1 saturated heterocycles. The van der Waals surface area contributed by atoms with E-state index in [1.807, 2.05) is 54.1 Å². The molecule has 2 N–H and O–H groups in total. The highest BCUT2D eigenvalue weighted by atomic mass is 16.2. The number of benzene rings is 1. The predicted octanol–water partition coefficient (Wildman–Crippen LogP) is 2.72. The number of carbonyl (C=O) groups excluding carboxylic acids is 2. The van der Waals surface area contributed by atoms with Gasteiger partial charge in [0.05, 0.1) is 12.1 Å². The van der Waals surface area contributed by atoms with Crippen molar-refractivity contribution in [3.05, 3.63) is 53.3 Å². The van der Waals surface area contributed by atoms with Crippen LogP contribution in [0.5, 0.6) is 0 Å². The molecule has 0 saturated carbocycles. The standard InChI is InChI=1S/C25H29N7O2/c1-15(2)32-14-20-22(24(32)34)29-25(31-9-8-19(13-31)28-16(3)33)30-23(20)27-12-17-10-18-6-4-5-7-21(18)26-11-17/h4-7,10-11,15,19H,8-9,12-14H2,1-3H3,(H,28,33)(H,27,29,30). The van der Waals surface area contributed by atoms with Crippen LogP contribution < -0.4 is 15.5 Å². The molecule has 1 unspecified atom stereocenters. The monoisotopic (exact) mass is 459 g/mol. The van der Waals surface area contributed by atoms with Crippen molar-refractivity contribution < 1.29 is 9.59 Å². The van der Waals surface area contributed by atoms with Gasteiger partial charge >= 0.3 is 0 Å². The number of anilines is 2. The molecule has 1 fully saturated rings. The summed E-state index contributed by atoms with van der Waals surface area (Å²) in [5.74, 6) is 1.08. The Morgan fingerprint density at radius 1 is 1.24 bits per heavy atom. The summed E-state index contributed by atoms with van der Waals surface area (Å²) in [5, 5.41) is 7.49. The van der Waals surface area contributed by atoms with Crippen LogP contribution in [0.3, 0.4) is 0 Å². The Balaban J connectivity index is 1.43. The average molecular weight is 460 g/mol. The van der Waals surface area contributed by atoms with Gasteiger partial charge < -0.3 is 20.4 Å². The highest BCUT2D eigenvalue weighted by Gasteiger charge is 2.35. The van der Waals surface area contributed by atoms with Gasteiger partial charge in [0.25, 0.3) is 5.91 Å². The Morgan fingerprint density at radius 3 is 2.85 bits per heavy atom. The van der Waals surface area contributed by atoms with E-state index in [2.05, 4.69) is 26.7 Å². The molecule has 0 spiro atoms. The number of fused-ring (bicyclic) bond motifs is 2. The van der Waals surface area contributed by atoms with Crippen molar-refractivity contribution in [1.82, 2.24) is 25.2 Å². The molecule has 34 heavy (non-hydrogen) atoms. The third-order valence-corrected chi connectivity index (χ3v) is 6.40. The maximum Gasteiger partial charge on any atom is 0.273 e. The summed E-state index contributed by atoms with van der Waals surface area (Å²) in [4.78, 5) is 42.5. The lowest BCUT2D eigenvalue weighted by Crippen LogP contribution is -2.36. The van der Waals surface area contributed by atoms with Crippen LogP contribution in [-0.4, -0.2) is 56.8 Å². The molecule has 2 aliphatic heterocycles. The first-order chi connectivity index (χ1) is 16.4. The SMILES string of the molecule is CC(=O)NC1CCN(c2nc(NCc3cnc4ccccc4c3)c3c(n2)C(=O)N(C(C)C)C3)C1. The molecule has 9 nitrogen and oxygen atoms in total. The van der Waals surface area contributed by atoms with Gasteiger partial charge in [0.15, 0.2) is 0 Å². The first-order valence-electron chi connectivity index (χ1n) is 11.7. The molecule has 1 atom stereocenters. The zero-order chi connectivity index (χ0) is 23.8. The van der Waals surface area contributed by atoms with Crippen LogP contribution in [0, 0.1) is 0 Å². The minimum Gasteiger partial charge on any atom is -0.365 e. The maximum atomic E-state index is 13.1. The molecule has 9 heteroatoms. The Morgan fingerprint density at radius 2 is 2.06 bits per heavy atom. The van der Waals surface area contributed by atoms with Crippen LogP contribution in [0.25, 0.3) is 10.9 Å². The van der Waals surface area contributed by atoms with Gasteiger partial charge in [-0.15, -0.1) is 0 Å². The van der Waals surface area contributed by atoms with Crippen molar-refractivity contribution in [2.45, 2.75) is 52.4 Å². The topological polar surface area (TPSA) is 103 Å². The number of hydrogen-bond acceptors (Lipinski definition) is 7. The van der Waals surface area contributed by atoms with Gasteiger partial charge in [-0.2, -0.15) is 4.98 Å². The molecular weight excluding hydrogens is 430 g/mol. The van der Waals surface area contributed by atoms with E-state index in [9.17, 15) is 9.59 Å². The second kappa shape index (κ2) is 8.89. The quantitative estimate of drug-likeness (QED) is 0.584. The molecule has 2 aromatic heterocycles.